The topological polar surface area (TPSA) is 99.1 Å². The summed E-state index contributed by atoms with van der Waals surface area (Å²) in [5.74, 6) is -0.681. The van der Waals surface area contributed by atoms with Crippen LogP contribution in [0.3, 0.4) is 0 Å². The number of hydrogen-bond acceptors (Lipinski definition) is 4. The first-order chi connectivity index (χ1) is 19.8. The lowest BCUT2D eigenvalue weighted by Crippen LogP contribution is -2.32. The summed E-state index contributed by atoms with van der Waals surface area (Å²) in [5.41, 5.74) is 3.86. The van der Waals surface area contributed by atoms with Crippen LogP contribution in [0.2, 0.25) is 10.0 Å². The molecule has 2 N–H and O–H groups in total. The summed E-state index contributed by atoms with van der Waals surface area (Å²) in [6.45, 7) is 0.0237. The van der Waals surface area contributed by atoms with Gasteiger partial charge in [-0.15, -0.1) is 0 Å². The van der Waals surface area contributed by atoms with Gasteiger partial charge in [-0.2, -0.15) is 0 Å². The summed E-state index contributed by atoms with van der Waals surface area (Å²) in [7, 11) is 0. The van der Waals surface area contributed by atoms with Crippen molar-refractivity contribution >= 4 is 58.6 Å². The molecule has 1 fully saturated rings. The molecule has 41 heavy (non-hydrogen) atoms. The Kier molecular flexibility index (Phi) is 8.86. The zero-order valence-electron chi connectivity index (χ0n) is 22.3. The minimum atomic E-state index is -0.990. The number of carbonyl (C=O) groups excluding carboxylic acids is 2. The molecule has 0 unspecified atom stereocenters. The average Bonchev–Trinajstić information content (AvgIpc) is 3.28. The standard InChI is InChI=1S/C32H29Cl2N3O4/c33-25-16-20(17-26(34)19-25)18-28-32(41)37(27-12-10-24(11-13-27)31(40)35-15-14-29(38)39)30(36-28)23-8-6-22(7-9-23)21-4-2-1-3-5-21/h6-13,16-19,21H,1-5,14-15H2,(H,35,40)(H,38,39)/b28-18+. The number of rotatable bonds is 8. The average molecular weight is 591 g/mol. The van der Waals surface area contributed by atoms with Crippen LogP contribution in [0.4, 0.5) is 5.69 Å². The van der Waals surface area contributed by atoms with E-state index in [0.717, 1.165) is 5.56 Å². The maximum atomic E-state index is 13.7. The molecular weight excluding hydrogens is 561 g/mol. The number of nitrogens with one attached hydrogen (secondary N) is 1. The fourth-order valence-corrected chi connectivity index (χ4v) is 5.80. The second-order valence-electron chi connectivity index (χ2n) is 10.2. The molecule has 0 saturated heterocycles. The molecule has 7 nitrogen and oxygen atoms in total. The third-order valence-corrected chi connectivity index (χ3v) is 7.74. The zero-order chi connectivity index (χ0) is 28.9. The Morgan fingerprint density at radius 1 is 0.951 bits per heavy atom. The Balaban J connectivity index is 1.46. The second-order valence-corrected chi connectivity index (χ2v) is 11.1. The first-order valence-electron chi connectivity index (χ1n) is 13.6. The number of aliphatic imine (C=N–C) groups is 1. The van der Waals surface area contributed by atoms with Crippen molar-refractivity contribution in [1.29, 1.82) is 0 Å². The highest BCUT2D eigenvalue weighted by molar-refractivity contribution is 6.35. The molecule has 1 saturated carbocycles. The molecule has 3 aromatic carbocycles. The zero-order valence-corrected chi connectivity index (χ0v) is 23.8. The van der Waals surface area contributed by atoms with Gasteiger partial charge >= 0.3 is 5.97 Å². The lowest BCUT2D eigenvalue weighted by molar-refractivity contribution is -0.136. The van der Waals surface area contributed by atoms with Crippen LogP contribution < -0.4 is 10.2 Å². The first kappa shape index (κ1) is 28.6. The van der Waals surface area contributed by atoms with Crippen LogP contribution in [0.15, 0.2) is 77.4 Å². The predicted molar refractivity (Wildman–Crippen MR) is 162 cm³/mol. The Hall–Kier alpha value is -3.94. The largest absolute Gasteiger partial charge is 0.481 e. The number of halogens is 2. The SMILES string of the molecule is O=C(O)CCNC(=O)c1ccc(N2C(=O)/C(=C\c3cc(Cl)cc(Cl)c3)N=C2c2ccc(C3CCCCC3)cc2)cc1. The Morgan fingerprint density at radius 2 is 1.61 bits per heavy atom. The van der Waals surface area contributed by atoms with Crippen molar-refractivity contribution in [2.75, 3.05) is 11.4 Å². The molecule has 1 heterocycles. The highest BCUT2D eigenvalue weighted by atomic mass is 35.5. The summed E-state index contributed by atoms with van der Waals surface area (Å²) < 4.78 is 0. The van der Waals surface area contributed by atoms with Crippen LogP contribution in [0.5, 0.6) is 0 Å². The highest BCUT2D eigenvalue weighted by Crippen LogP contribution is 2.34. The van der Waals surface area contributed by atoms with Crippen LogP contribution in [0, 0.1) is 0 Å². The van der Waals surface area contributed by atoms with Gasteiger partial charge < -0.3 is 10.4 Å². The minimum Gasteiger partial charge on any atom is -0.481 e. The molecule has 5 rings (SSSR count). The van der Waals surface area contributed by atoms with Crippen LogP contribution in [0.1, 0.15) is 71.5 Å². The molecule has 0 spiro atoms. The second kappa shape index (κ2) is 12.7. The van der Waals surface area contributed by atoms with E-state index in [1.807, 2.05) is 12.1 Å². The summed E-state index contributed by atoms with van der Waals surface area (Å²) >= 11 is 12.4. The van der Waals surface area contributed by atoms with Gasteiger partial charge in [0.2, 0.25) is 0 Å². The highest BCUT2D eigenvalue weighted by Gasteiger charge is 2.33. The van der Waals surface area contributed by atoms with E-state index in [1.165, 1.54) is 42.6 Å². The third kappa shape index (κ3) is 6.87. The minimum absolute atomic E-state index is 0.0237. The van der Waals surface area contributed by atoms with E-state index >= 15 is 0 Å². The number of nitrogens with zero attached hydrogens (tertiary/aromatic N) is 2. The monoisotopic (exact) mass is 589 g/mol. The molecule has 1 aliphatic carbocycles. The maximum absolute atomic E-state index is 13.7. The van der Waals surface area contributed by atoms with Crippen molar-refractivity contribution < 1.29 is 19.5 Å². The van der Waals surface area contributed by atoms with Crippen molar-refractivity contribution in [2.24, 2.45) is 4.99 Å². The number of benzene rings is 3. The fraction of sp³-hybridized carbons (Fsp3) is 0.250. The van der Waals surface area contributed by atoms with Crippen LogP contribution in [-0.4, -0.2) is 35.3 Å². The molecule has 1 aliphatic heterocycles. The molecular formula is C32H29Cl2N3O4. The van der Waals surface area contributed by atoms with Gasteiger partial charge in [-0.3, -0.25) is 19.3 Å². The molecule has 210 valence electrons. The van der Waals surface area contributed by atoms with Crippen LogP contribution >= 0.6 is 23.2 Å². The number of carboxylic acid groups (broad SMARTS) is 1. The lowest BCUT2D eigenvalue weighted by atomic mass is 9.84. The van der Waals surface area contributed by atoms with Gasteiger partial charge in [0.15, 0.2) is 0 Å². The Morgan fingerprint density at radius 3 is 2.24 bits per heavy atom. The normalized spacial score (nSPS) is 16.6. The number of carboxylic acids is 1. The number of amides is 2. The summed E-state index contributed by atoms with van der Waals surface area (Å²) in [6.07, 6.45) is 7.65. The number of aliphatic carboxylic acids is 1. The molecule has 0 atom stereocenters. The Labute approximate surface area is 248 Å². The lowest BCUT2D eigenvalue weighted by Gasteiger charge is -2.23. The van der Waals surface area contributed by atoms with Crippen LogP contribution in [-0.2, 0) is 9.59 Å². The van der Waals surface area contributed by atoms with Gasteiger partial charge in [0.1, 0.15) is 11.5 Å². The van der Waals surface area contributed by atoms with Crippen molar-refractivity contribution in [1.82, 2.24) is 5.32 Å². The van der Waals surface area contributed by atoms with Crippen molar-refractivity contribution in [3.05, 3.63) is 105 Å². The van der Waals surface area contributed by atoms with E-state index in [4.69, 9.17) is 33.3 Å². The van der Waals surface area contributed by atoms with Crippen molar-refractivity contribution in [3.63, 3.8) is 0 Å². The van der Waals surface area contributed by atoms with Crippen molar-refractivity contribution in [3.8, 4) is 0 Å². The van der Waals surface area contributed by atoms with E-state index in [2.05, 4.69) is 17.4 Å². The van der Waals surface area contributed by atoms with Gasteiger partial charge in [0.25, 0.3) is 11.8 Å². The van der Waals surface area contributed by atoms with Gasteiger partial charge in [-0.25, -0.2) is 4.99 Å². The van der Waals surface area contributed by atoms with E-state index in [1.54, 1.807) is 48.5 Å². The summed E-state index contributed by atoms with van der Waals surface area (Å²) in [4.78, 5) is 43.2. The van der Waals surface area contributed by atoms with Crippen molar-refractivity contribution in [2.45, 2.75) is 44.4 Å². The quantitative estimate of drug-likeness (QED) is 0.274. The molecule has 2 aliphatic rings. The van der Waals surface area contributed by atoms with E-state index in [0.29, 0.717) is 38.6 Å². The Bertz CT molecular complexity index is 1510. The third-order valence-electron chi connectivity index (χ3n) is 7.31. The molecule has 9 heteroatoms. The molecule has 0 bridgehead atoms. The molecule has 2 amide bonds. The summed E-state index contributed by atoms with van der Waals surface area (Å²) in [5, 5.41) is 12.3. The van der Waals surface area contributed by atoms with Gasteiger partial charge in [-0.1, -0.05) is 66.7 Å². The molecule has 0 aromatic heterocycles. The number of carbonyl (C=O) groups is 3. The van der Waals surface area contributed by atoms with Crippen LogP contribution in [0.25, 0.3) is 6.08 Å². The summed E-state index contributed by atoms with van der Waals surface area (Å²) in [6, 6.07) is 19.9. The number of hydrogen-bond donors (Lipinski definition) is 2. The van der Waals surface area contributed by atoms with E-state index < -0.39 is 11.9 Å². The number of amidine groups is 1. The predicted octanol–water partition coefficient (Wildman–Crippen LogP) is 7.08. The van der Waals surface area contributed by atoms with E-state index in [-0.39, 0.29) is 24.6 Å². The van der Waals surface area contributed by atoms with Gasteiger partial charge in [0.05, 0.1) is 12.1 Å². The first-order valence-corrected chi connectivity index (χ1v) is 14.4. The molecule has 0 radical (unpaired) electrons. The smallest absolute Gasteiger partial charge is 0.305 e. The van der Waals surface area contributed by atoms with Gasteiger partial charge in [-0.05, 0) is 78.4 Å². The van der Waals surface area contributed by atoms with Gasteiger partial charge in [0, 0.05) is 27.7 Å². The maximum Gasteiger partial charge on any atom is 0.305 e. The molecule has 3 aromatic rings. The fourth-order valence-electron chi connectivity index (χ4n) is 5.25. The number of anilines is 1. The van der Waals surface area contributed by atoms with E-state index in [9.17, 15) is 14.4 Å².